The van der Waals surface area contributed by atoms with Crippen LogP contribution in [0.4, 0.5) is 0 Å². The number of aromatic nitrogens is 2. The van der Waals surface area contributed by atoms with E-state index in [0.717, 1.165) is 9.39 Å². The van der Waals surface area contributed by atoms with Crippen LogP contribution in [0.1, 0.15) is 37.4 Å². The molecule has 1 saturated carbocycles. The summed E-state index contributed by atoms with van der Waals surface area (Å²) in [7, 11) is 0. The Bertz CT molecular complexity index is 292. The molecule has 3 nitrogen and oxygen atoms in total. The van der Waals surface area contributed by atoms with Crippen LogP contribution >= 0.6 is 22.6 Å². The van der Waals surface area contributed by atoms with Crippen LogP contribution in [0.3, 0.4) is 0 Å². The molecule has 2 rings (SSSR count). The first-order chi connectivity index (χ1) is 6.31. The van der Waals surface area contributed by atoms with Crippen LogP contribution in [-0.2, 0) is 6.61 Å². The molecule has 0 saturated heterocycles. The van der Waals surface area contributed by atoms with Gasteiger partial charge in [0.2, 0.25) is 0 Å². The lowest BCUT2D eigenvalue weighted by Gasteiger charge is -2.12. The van der Waals surface area contributed by atoms with E-state index in [1.54, 1.807) is 0 Å². The van der Waals surface area contributed by atoms with E-state index < -0.39 is 0 Å². The maximum absolute atomic E-state index is 9.13. The molecule has 1 heterocycles. The summed E-state index contributed by atoms with van der Waals surface area (Å²) in [6.45, 7) is 0.104. The van der Waals surface area contributed by atoms with E-state index in [0.29, 0.717) is 6.04 Å². The van der Waals surface area contributed by atoms with Gasteiger partial charge < -0.3 is 5.11 Å². The summed E-state index contributed by atoms with van der Waals surface area (Å²) in [6.07, 6.45) is 5.02. The Morgan fingerprint density at radius 3 is 2.85 bits per heavy atom. The van der Waals surface area contributed by atoms with Gasteiger partial charge in [-0.15, -0.1) is 0 Å². The summed E-state index contributed by atoms with van der Waals surface area (Å²) in [5.74, 6) is 0. The van der Waals surface area contributed by atoms with E-state index in [1.165, 1.54) is 25.7 Å². The third-order valence-electron chi connectivity index (χ3n) is 2.62. The minimum atomic E-state index is 0.104. The first-order valence-electron chi connectivity index (χ1n) is 4.66. The lowest BCUT2D eigenvalue weighted by molar-refractivity contribution is 0.261. The van der Waals surface area contributed by atoms with Gasteiger partial charge in [0.15, 0.2) is 0 Å². The van der Waals surface area contributed by atoms with E-state index >= 15 is 0 Å². The molecule has 1 aromatic rings. The number of hydrogen-bond donors (Lipinski definition) is 1. The molecule has 1 aliphatic rings. The molecule has 0 radical (unpaired) electrons. The SMILES string of the molecule is OCc1cc(I)nn1C1CCCC1. The van der Waals surface area contributed by atoms with Crippen molar-refractivity contribution in [2.75, 3.05) is 0 Å². The predicted octanol–water partition coefficient (Wildman–Crippen LogP) is 2.10. The minimum Gasteiger partial charge on any atom is -0.390 e. The van der Waals surface area contributed by atoms with Gasteiger partial charge >= 0.3 is 0 Å². The summed E-state index contributed by atoms with van der Waals surface area (Å²) in [6, 6.07) is 2.49. The Morgan fingerprint density at radius 1 is 1.54 bits per heavy atom. The molecular weight excluding hydrogens is 279 g/mol. The highest BCUT2D eigenvalue weighted by Gasteiger charge is 2.20. The van der Waals surface area contributed by atoms with Crippen LogP contribution in [-0.4, -0.2) is 14.9 Å². The summed E-state index contributed by atoms with van der Waals surface area (Å²) in [5, 5.41) is 13.5. The van der Waals surface area contributed by atoms with Crippen LogP contribution < -0.4 is 0 Å². The molecule has 0 aromatic carbocycles. The molecule has 0 atom stereocenters. The van der Waals surface area contributed by atoms with E-state index in [1.807, 2.05) is 10.7 Å². The molecule has 0 unspecified atom stereocenters. The smallest absolute Gasteiger partial charge is 0.123 e. The van der Waals surface area contributed by atoms with Crippen LogP contribution in [0.2, 0.25) is 0 Å². The van der Waals surface area contributed by atoms with Crippen molar-refractivity contribution in [1.82, 2.24) is 9.78 Å². The number of aliphatic hydroxyl groups excluding tert-OH is 1. The molecule has 4 heteroatoms. The van der Waals surface area contributed by atoms with Crippen molar-refractivity contribution in [3.8, 4) is 0 Å². The van der Waals surface area contributed by atoms with E-state index in [-0.39, 0.29) is 6.61 Å². The average molecular weight is 292 g/mol. The van der Waals surface area contributed by atoms with Gasteiger partial charge in [-0.25, -0.2) is 0 Å². The largest absolute Gasteiger partial charge is 0.390 e. The second-order valence-electron chi connectivity index (χ2n) is 3.50. The molecule has 0 aliphatic heterocycles. The molecular formula is C9H13IN2O. The minimum absolute atomic E-state index is 0.104. The summed E-state index contributed by atoms with van der Waals surface area (Å²) in [4.78, 5) is 0. The number of halogens is 1. The molecule has 1 fully saturated rings. The van der Waals surface area contributed by atoms with Gasteiger partial charge in [0.25, 0.3) is 0 Å². The first kappa shape index (κ1) is 9.45. The lowest BCUT2D eigenvalue weighted by Crippen LogP contribution is -2.10. The highest BCUT2D eigenvalue weighted by molar-refractivity contribution is 14.1. The van der Waals surface area contributed by atoms with E-state index in [9.17, 15) is 0 Å². The quantitative estimate of drug-likeness (QED) is 0.848. The monoisotopic (exact) mass is 292 g/mol. The second kappa shape index (κ2) is 3.96. The van der Waals surface area contributed by atoms with Crippen molar-refractivity contribution in [1.29, 1.82) is 0 Å². The van der Waals surface area contributed by atoms with Crippen molar-refractivity contribution in [3.63, 3.8) is 0 Å². The van der Waals surface area contributed by atoms with Crippen molar-refractivity contribution in [3.05, 3.63) is 15.5 Å². The third-order valence-corrected chi connectivity index (χ3v) is 3.14. The maximum Gasteiger partial charge on any atom is 0.123 e. The number of nitrogens with zero attached hydrogens (tertiary/aromatic N) is 2. The third kappa shape index (κ3) is 1.88. The van der Waals surface area contributed by atoms with Crippen LogP contribution in [0.5, 0.6) is 0 Å². The summed E-state index contributed by atoms with van der Waals surface area (Å²) >= 11 is 2.19. The van der Waals surface area contributed by atoms with Crippen molar-refractivity contribution < 1.29 is 5.11 Å². The fraction of sp³-hybridized carbons (Fsp3) is 0.667. The number of hydrogen-bond acceptors (Lipinski definition) is 2. The van der Waals surface area contributed by atoms with Crippen LogP contribution in [0.15, 0.2) is 6.07 Å². The van der Waals surface area contributed by atoms with Gasteiger partial charge in [-0.1, -0.05) is 12.8 Å². The van der Waals surface area contributed by atoms with Crippen molar-refractivity contribution in [2.45, 2.75) is 38.3 Å². The maximum atomic E-state index is 9.13. The topological polar surface area (TPSA) is 38.1 Å². The molecule has 72 valence electrons. The molecule has 13 heavy (non-hydrogen) atoms. The molecule has 1 aromatic heterocycles. The highest BCUT2D eigenvalue weighted by atomic mass is 127. The Morgan fingerprint density at radius 2 is 2.23 bits per heavy atom. The van der Waals surface area contributed by atoms with Gasteiger partial charge in [-0.3, -0.25) is 4.68 Å². The van der Waals surface area contributed by atoms with Crippen molar-refractivity contribution in [2.24, 2.45) is 0 Å². The van der Waals surface area contributed by atoms with E-state index in [2.05, 4.69) is 27.7 Å². The Hall–Kier alpha value is -0.100. The second-order valence-corrected chi connectivity index (χ2v) is 4.60. The van der Waals surface area contributed by atoms with Crippen LogP contribution in [0, 0.1) is 3.70 Å². The summed E-state index contributed by atoms with van der Waals surface area (Å²) < 4.78 is 2.99. The fourth-order valence-corrected chi connectivity index (χ4v) is 2.57. The van der Waals surface area contributed by atoms with Gasteiger partial charge in [0, 0.05) is 0 Å². The van der Waals surface area contributed by atoms with Crippen LogP contribution in [0.25, 0.3) is 0 Å². The standard InChI is InChI=1S/C9H13IN2O/c10-9-5-8(6-13)12(11-9)7-3-1-2-4-7/h5,7,13H,1-4,6H2. The summed E-state index contributed by atoms with van der Waals surface area (Å²) in [5.41, 5.74) is 0.955. The van der Waals surface area contributed by atoms with Gasteiger partial charge in [0.05, 0.1) is 18.3 Å². The number of aliphatic hydroxyl groups is 1. The zero-order valence-electron chi connectivity index (χ0n) is 7.41. The average Bonchev–Trinajstić information content (AvgIpc) is 2.71. The molecule has 0 amide bonds. The zero-order valence-corrected chi connectivity index (χ0v) is 9.57. The fourth-order valence-electron chi connectivity index (χ4n) is 1.98. The predicted molar refractivity (Wildman–Crippen MR) is 58.4 cm³/mol. The van der Waals surface area contributed by atoms with Gasteiger partial charge in [-0.2, -0.15) is 5.10 Å². The normalized spacial score (nSPS) is 18.3. The van der Waals surface area contributed by atoms with Crippen molar-refractivity contribution >= 4 is 22.6 Å². The molecule has 0 bridgehead atoms. The molecule has 1 aliphatic carbocycles. The van der Waals surface area contributed by atoms with E-state index in [4.69, 9.17) is 5.11 Å². The highest BCUT2D eigenvalue weighted by Crippen LogP contribution is 2.30. The molecule has 1 N–H and O–H groups in total. The number of rotatable bonds is 2. The zero-order chi connectivity index (χ0) is 9.26. The van der Waals surface area contributed by atoms with Gasteiger partial charge in [0.1, 0.15) is 3.70 Å². The van der Waals surface area contributed by atoms with Gasteiger partial charge in [-0.05, 0) is 41.5 Å². The Balaban J connectivity index is 2.26. The Kier molecular flexibility index (Phi) is 2.88. The molecule has 0 spiro atoms. The lowest BCUT2D eigenvalue weighted by atomic mass is 10.2. The Labute approximate surface area is 91.3 Å². The first-order valence-corrected chi connectivity index (χ1v) is 5.74.